The molecule has 6 nitrogen and oxygen atoms in total. The molecular weight excluding hydrogens is 573 g/mol. The maximum absolute atomic E-state index is 14.2. The van der Waals surface area contributed by atoms with Crippen LogP contribution in [0.15, 0.2) is 36.7 Å². The number of fused-ring (bicyclic) bond motifs is 1. The summed E-state index contributed by atoms with van der Waals surface area (Å²) in [5.74, 6) is 0.329. The van der Waals surface area contributed by atoms with Crippen LogP contribution >= 0.6 is 0 Å². The first-order valence-electron chi connectivity index (χ1n) is 12.3. The van der Waals surface area contributed by atoms with Crippen molar-refractivity contribution in [1.82, 2.24) is 24.4 Å². The number of piperidine rings is 1. The molecule has 13 heteroatoms. The van der Waals surface area contributed by atoms with Crippen molar-refractivity contribution >= 4 is 38.8 Å². The normalized spacial score (nSPS) is 20.7. The number of halogens is 6. The number of rotatable bonds is 3. The molecular formula is C25H24AsF6N6+. The van der Waals surface area contributed by atoms with E-state index in [1.54, 1.807) is 0 Å². The number of nitrogens with zero attached hydrogens (tertiary/aromatic N) is 6. The molecule has 0 amide bonds. The van der Waals surface area contributed by atoms with E-state index in [9.17, 15) is 26.3 Å². The van der Waals surface area contributed by atoms with Crippen LogP contribution in [0.3, 0.4) is 0 Å². The van der Waals surface area contributed by atoms with Gasteiger partial charge in [0, 0.05) is 0 Å². The molecule has 200 valence electrons. The first kappa shape index (κ1) is 26.9. The number of anilines is 1. The van der Waals surface area contributed by atoms with Gasteiger partial charge >= 0.3 is 224 Å². The van der Waals surface area contributed by atoms with E-state index in [-0.39, 0.29) is 24.6 Å². The Hall–Kier alpha value is -2.72. The predicted molar refractivity (Wildman–Crippen MR) is 131 cm³/mol. The molecule has 5 rings (SSSR count). The summed E-state index contributed by atoms with van der Waals surface area (Å²) in [6.45, 7) is 1.91. The van der Waals surface area contributed by atoms with Crippen molar-refractivity contribution in [2.75, 3.05) is 31.1 Å². The Balaban J connectivity index is 1.61. The van der Waals surface area contributed by atoms with E-state index in [0.29, 0.717) is 23.3 Å². The summed E-state index contributed by atoms with van der Waals surface area (Å²) in [7, 11) is 0. The SMILES string of the molecule is FC(F)(F)c1ccc([N+]2(c3ncccc3C(F)(F)F)CCc3nc(N4CCCCC4)nc([As])c3CC2)cn1. The minimum atomic E-state index is -4.71. The van der Waals surface area contributed by atoms with E-state index in [0.717, 1.165) is 61.9 Å². The van der Waals surface area contributed by atoms with E-state index in [4.69, 9.17) is 4.98 Å². The van der Waals surface area contributed by atoms with Gasteiger partial charge in [-0.15, -0.1) is 0 Å². The van der Waals surface area contributed by atoms with Crippen LogP contribution in [0, 0.1) is 0 Å². The molecule has 1 atom stereocenters. The molecule has 2 radical (unpaired) electrons. The molecule has 38 heavy (non-hydrogen) atoms. The van der Waals surface area contributed by atoms with E-state index >= 15 is 0 Å². The van der Waals surface area contributed by atoms with E-state index in [1.807, 2.05) is 0 Å². The van der Waals surface area contributed by atoms with Gasteiger partial charge in [0.2, 0.25) is 0 Å². The Morgan fingerprint density at radius 2 is 1.58 bits per heavy atom. The van der Waals surface area contributed by atoms with Gasteiger partial charge in [0.1, 0.15) is 0 Å². The summed E-state index contributed by atoms with van der Waals surface area (Å²) in [6, 6.07) is 4.17. The van der Waals surface area contributed by atoms with Crippen molar-refractivity contribution < 1.29 is 26.3 Å². The molecule has 3 aromatic heterocycles. The van der Waals surface area contributed by atoms with Gasteiger partial charge in [-0.05, 0) is 0 Å². The Morgan fingerprint density at radius 3 is 2.24 bits per heavy atom. The molecule has 0 spiro atoms. The summed E-state index contributed by atoms with van der Waals surface area (Å²) in [5, 5.41) is 0. The van der Waals surface area contributed by atoms with E-state index < -0.39 is 28.1 Å². The second-order valence-electron chi connectivity index (χ2n) is 9.51. The summed E-state index contributed by atoms with van der Waals surface area (Å²) in [6.07, 6.45) is -3.27. The quantitative estimate of drug-likeness (QED) is 0.253. The van der Waals surface area contributed by atoms with E-state index in [2.05, 4.69) is 36.7 Å². The number of quaternary nitrogens is 1. The molecule has 2 aliphatic heterocycles. The summed E-state index contributed by atoms with van der Waals surface area (Å²) < 4.78 is 82.4. The van der Waals surface area contributed by atoms with Gasteiger partial charge < -0.3 is 0 Å². The van der Waals surface area contributed by atoms with Gasteiger partial charge in [0.05, 0.1) is 0 Å². The number of aromatic nitrogens is 4. The van der Waals surface area contributed by atoms with Crippen LogP contribution in [0.4, 0.5) is 43.8 Å². The third-order valence-electron chi connectivity index (χ3n) is 7.20. The Bertz CT molecular complexity index is 1310. The molecule has 0 aliphatic carbocycles. The van der Waals surface area contributed by atoms with Crippen molar-refractivity contribution in [3.05, 3.63) is 59.2 Å². The van der Waals surface area contributed by atoms with Gasteiger partial charge in [-0.3, -0.25) is 0 Å². The number of alkyl halides is 6. The van der Waals surface area contributed by atoms with Crippen LogP contribution in [-0.2, 0) is 25.2 Å². The number of hydrogen-bond acceptors (Lipinski definition) is 5. The summed E-state index contributed by atoms with van der Waals surface area (Å²) in [5.41, 5.74) is -0.278. The molecule has 0 saturated carbocycles. The first-order chi connectivity index (χ1) is 18.0. The maximum atomic E-state index is 14.2. The van der Waals surface area contributed by atoms with Gasteiger partial charge in [0.15, 0.2) is 0 Å². The molecule has 5 heterocycles. The van der Waals surface area contributed by atoms with Crippen LogP contribution in [-0.4, -0.2) is 63.0 Å². The van der Waals surface area contributed by atoms with Gasteiger partial charge in [0.25, 0.3) is 0 Å². The minimum absolute atomic E-state index is 0.114. The third-order valence-corrected chi connectivity index (χ3v) is 7.98. The molecule has 0 N–H and O–H groups in total. The molecule has 1 fully saturated rings. The standard InChI is InChI=1S/C25H24AsF6N6/c26-21-17-8-13-38(16-6-7-20(34-15-16)25(30,31)32,22-18(24(27,28)29)5-4-10-33-22)14-9-19(17)35-23(36-21)37-11-2-1-3-12-37/h4-7,10,15H,1-3,8-9,11-14H2/q+1. The van der Waals surface area contributed by atoms with Crippen LogP contribution < -0.4 is 13.9 Å². The van der Waals surface area contributed by atoms with Crippen molar-refractivity contribution in [1.29, 1.82) is 0 Å². The van der Waals surface area contributed by atoms with Gasteiger partial charge in [-0.1, -0.05) is 0 Å². The summed E-state index contributed by atoms with van der Waals surface area (Å²) >= 11 is 2.43. The molecule has 1 saturated heterocycles. The van der Waals surface area contributed by atoms with Crippen molar-refractivity contribution in [3.8, 4) is 0 Å². The fraction of sp³-hybridized carbons (Fsp3) is 0.440. The number of hydrogen-bond donors (Lipinski definition) is 0. The van der Waals surface area contributed by atoms with Gasteiger partial charge in [-0.2, -0.15) is 0 Å². The average Bonchev–Trinajstić information content (AvgIpc) is 3.09. The molecule has 0 aromatic carbocycles. The first-order valence-corrected chi connectivity index (χ1v) is 13.2. The van der Waals surface area contributed by atoms with Crippen LogP contribution in [0.1, 0.15) is 41.8 Å². The van der Waals surface area contributed by atoms with Crippen molar-refractivity contribution in [2.45, 2.75) is 44.5 Å². The zero-order valence-electron chi connectivity index (χ0n) is 20.2. The van der Waals surface area contributed by atoms with Crippen molar-refractivity contribution in [3.63, 3.8) is 0 Å². The van der Waals surface area contributed by atoms with Crippen LogP contribution in [0.5, 0.6) is 0 Å². The monoisotopic (exact) mass is 597 g/mol. The molecule has 2 aliphatic rings. The Labute approximate surface area is 224 Å². The van der Waals surface area contributed by atoms with Crippen LogP contribution in [0.25, 0.3) is 0 Å². The fourth-order valence-corrected chi connectivity index (χ4v) is 5.97. The average molecular weight is 597 g/mol. The zero-order chi connectivity index (χ0) is 27.1. The Kier molecular flexibility index (Phi) is 7.15. The Morgan fingerprint density at radius 1 is 0.842 bits per heavy atom. The fourth-order valence-electron chi connectivity index (χ4n) is 5.27. The number of pyridine rings is 2. The summed E-state index contributed by atoms with van der Waals surface area (Å²) in [4.78, 5) is 19.4. The van der Waals surface area contributed by atoms with E-state index in [1.165, 1.54) is 18.3 Å². The molecule has 0 bridgehead atoms. The zero-order valence-corrected chi connectivity index (χ0v) is 22.1. The second kappa shape index (κ2) is 10.1. The topological polar surface area (TPSA) is 54.8 Å². The second-order valence-corrected chi connectivity index (χ2v) is 10.4. The van der Waals surface area contributed by atoms with Gasteiger partial charge in [-0.25, -0.2) is 0 Å². The molecule has 3 aromatic rings. The predicted octanol–water partition coefficient (Wildman–Crippen LogP) is 4.53. The van der Waals surface area contributed by atoms with Crippen molar-refractivity contribution in [2.24, 2.45) is 0 Å². The third kappa shape index (κ3) is 5.12. The molecule has 1 unspecified atom stereocenters. The van der Waals surface area contributed by atoms with Crippen LogP contribution in [0.2, 0.25) is 0 Å².